The van der Waals surface area contributed by atoms with E-state index in [1.807, 2.05) is 0 Å². The molecule has 0 fully saturated rings. The van der Waals surface area contributed by atoms with Crippen molar-refractivity contribution in [3.8, 4) is 5.75 Å². The largest absolute Gasteiger partial charge is 0.492 e. The average Bonchev–Trinajstić information content (AvgIpc) is 2.55. The SMILES string of the molecule is CCOc1ccccc1N(CC(N)=O)S(=O)(=O)c1cc(Cl)ccc1Cl. The van der Waals surface area contributed by atoms with Crippen LogP contribution in [0.15, 0.2) is 47.4 Å². The highest BCUT2D eigenvalue weighted by Gasteiger charge is 2.30. The molecule has 0 atom stereocenters. The molecule has 0 radical (unpaired) electrons. The number of nitrogens with zero attached hydrogens (tertiary/aromatic N) is 1. The van der Waals surface area contributed by atoms with Crippen LogP contribution in [0.25, 0.3) is 0 Å². The van der Waals surface area contributed by atoms with Crippen molar-refractivity contribution in [2.75, 3.05) is 17.5 Å². The first-order valence-corrected chi connectivity index (χ1v) is 9.45. The maximum atomic E-state index is 13.1. The van der Waals surface area contributed by atoms with E-state index in [0.29, 0.717) is 12.4 Å². The van der Waals surface area contributed by atoms with Gasteiger partial charge in [-0.25, -0.2) is 8.42 Å². The van der Waals surface area contributed by atoms with E-state index in [0.717, 1.165) is 4.31 Å². The first-order chi connectivity index (χ1) is 11.8. The summed E-state index contributed by atoms with van der Waals surface area (Å²) in [5.74, 6) is -0.527. The van der Waals surface area contributed by atoms with Gasteiger partial charge in [-0.2, -0.15) is 0 Å². The number of ether oxygens (including phenoxy) is 1. The van der Waals surface area contributed by atoms with Crippen LogP contribution in [-0.2, 0) is 14.8 Å². The third kappa shape index (κ3) is 4.36. The fraction of sp³-hybridized carbons (Fsp3) is 0.188. The van der Waals surface area contributed by atoms with Gasteiger partial charge in [-0.3, -0.25) is 9.10 Å². The van der Waals surface area contributed by atoms with Crippen molar-refractivity contribution in [3.63, 3.8) is 0 Å². The molecule has 0 aliphatic carbocycles. The van der Waals surface area contributed by atoms with Crippen molar-refractivity contribution in [2.24, 2.45) is 5.73 Å². The Balaban J connectivity index is 2.65. The average molecular weight is 403 g/mol. The number of rotatable bonds is 7. The summed E-state index contributed by atoms with van der Waals surface area (Å²) in [6, 6.07) is 10.5. The van der Waals surface area contributed by atoms with Crippen molar-refractivity contribution >= 4 is 44.8 Å². The summed E-state index contributed by atoms with van der Waals surface area (Å²) in [6.45, 7) is 1.51. The summed E-state index contributed by atoms with van der Waals surface area (Å²) >= 11 is 11.9. The summed E-state index contributed by atoms with van der Waals surface area (Å²) in [4.78, 5) is 11.3. The molecular formula is C16H16Cl2N2O4S. The maximum absolute atomic E-state index is 13.1. The minimum atomic E-state index is -4.21. The van der Waals surface area contributed by atoms with E-state index in [9.17, 15) is 13.2 Å². The van der Waals surface area contributed by atoms with Gasteiger partial charge in [0.2, 0.25) is 5.91 Å². The summed E-state index contributed by atoms with van der Waals surface area (Å²) in [5, 5.41) is 0.174. The fourth-order valence-electron chi connectivity index (χ4n) is 2.18. The number of hydrogen-bond donors (Lipinski definition) is 1. The number of anilines is 1. The first kappa shape index (κ1) is 19.4. The van der Waals surface area contributed by atoms with Gasteiger partial charge in [0.25, 0.3) is 10.0 Å². The molecule has 0 saturated heterocycles. The highest BCUT2D eigenvalue weighted by atomic mass is 35.5. The van der Waals surface area contributed by atoms with Gasteiger partial charge in [0.15, 0.2) is 0 Å². The molecule has 0 aliphatic heterocycles. The van der Waals surface area contributed by atoms with Crippen LogP contribution in [0.1, 0.15) is 6.92 Å². The van der Waals surface area contributed by atoms with Crippen molar-refractivity contribution in [1.29, 1.82) is 0 Å². The molecule has 2 rings (SSSR count). The third-order valence-corrected chi connectivity index (χ3v) is 5.67. The lowest BCUT2D eigenvalue weighted by atomic mass is 10.3. The summed E-state index contributed by atoms with van der Waals surface area (Å²) < 4.78 is 32.6. The molecule has 25 heavy (non-hydrogen) atoms. The number of sulfonamides is 1. The molecule has 0 aliphatic rings. The number of para-hydroxylation sites is 2. The van der Waals surface area contributed by atoms with Crippen LogP contribution in [-0.4, -0.2) is 27.5 Å². The smallest absolute Gasteiger partial charge is 0.266 e. The number of amides is 1. The molecule has 134 valence electrons. The number of primary amides is 1. The predicted molar refractivity (Wildman–Crippen MR) is 97.8 cm³/mol. The van der Waals surface area contributed by atoms with Gasteiger partial charge in [0.1, 0.15) is 17.2 Å². The Kier molecular flexibility index (Phi) is 6.16. The zero-order valence-electron chi connectivity index (χ0n) is 13.3. The Morgan fingerprint density at radius 2 is 1.88 bits per heavy atom. The van der Waals surface area contributed by atoms with Crippen LogP contribution >= 0.6 is 23.2 Å². The molecule has 1 amide bonds. The third-order valence-electron chi connectivity index (χ3n) is 3.19. The molecule has 2 N–H and O–H groups in total. The number of halogens is 2. The van der Waals surface area contributed by atoms with E-state index < -0.39 is 22.5 Å². The molecule has 0 unspecified atom stereocenters. The van der Waals surface area contributed by atoms with E-state index in [1.165, 1.54) is 24.3 Å². The number of carbonyl (C=O) groups is 1. The summed E-state index contributed by atoms with van der Waals surface area (Å²) in [5.41, 5.74) is 5.43. The lowest BCUT2D eigenvalue weighted by Gasteiger charge is -2.25. The molecule has 2 aromatic rings. The van der Waals surface area contributed by atoms with Crippen molar-refractivity contribution in [3.05, 3.63) is 52.5 Å². The highest BCUT2D eigenvalue weighted by molar-refractivity contribution is 7.93. The quantitative estimate of drug-likeness (QED) is 0.770. The molecule has 2 aromatic carbocycles. The van der Waals surface area contributed by atoms with Crippen LogP contribution in [0.3, 0.4) is 0 Å². The van der Waals surface area contributed by atoms with Gasteiger partial charge in [-0.05, 0) is 37.3 Å². The summed E-state index contributed by atoms with van der Waals surface area (Å²) in [6.07, 6.45) is 0. The normalized spacial score (nSPS) is 11.2. The van der Waals surface area contributed by atoms with Crippen LogP contribution in [0, 0.1) is 0 Å². The zero-order valence-corrected chi connectivity index (χ0v) is 15.6. The minimum Gasteiger partial charge on any atom is -0.492 e. The number of benzene rings is 2. The Morgan fingerprint density at radius 3 is 2.52 bits per heavy atom. The van der Waals surface area contributed by atoms with Crippen LogP contribution in [0.4, 0.5) is 5.69 Å². The van der Waals surface area contributed by atoms with Gasteiger partial charge in [0.05, 0.1) is 17.3 Å². The molecule has 0 bridgehead atoms. The topological polar surface area (TPSA) is 89.7 Å². The van der Waals surface area contributed by atoms with Crippen molar-refractivity contribution in [1.82, 2.24) is 0 Å². The second-order valence-corrected chi connectivity index (χ2v) is 7.63. The fourth-order valence-corrected chi connectivity index (χ4v) is 4.36. The Bertz CT molecular complexity index is 887. The molecule has 0 aromatic heterocycles. The number of hydrogen-bond acceptors (Lipinski definition) is 4. The summed E-state index contributed by atoms with van der Waals surface area (Å²) in [7, 11) is -4.21. The predicted octanol–water partition coefficient (Wildman–Crippen LogP) is 3.07. The lowest BCUT2D eigenvalue weighted by Crippen LogP contribution is -2.39. The number of carbonyl (C=O) groups excluding carboxylic acids is 1. The first-order valence-electron chi connectivity index (χ1n) is 7.25. The Morgan fingerprint density at radius 1 is 1.20 bits per heavy atom. The Labute approximate surface area is 156 Å². The van der Waals surface area contributed by atoms with Crippen LogP contribution in [0.5, 0.6) is 5.75 Å². The molecule has 9 heteroatoms. The molecule has 0 saturated carbocycles. The molecule has 6 nitrogen and oxygen atoms in total. The lowest BCUT2D eigenvalue weighted by molar-refractivity contribution is -0.116. The van der Waals surface area contributed by atoms with Gasteiger partial charge >= 0.3 is 0 Å². The van der Waals surface area contributed by atoms with Gasteiger partial charge < -0.3 is 10.5 Å². The monoisotopic (exact) mass is 402 g/mol. The standard InChI is InChI=1S/C16H16Cl2N2O4S/c1-2-24-14-6-4-3-5-13(14)20(10-16(19)21)25(22,23)15-9-11(17)7-8-12(15)18/h3-9H,2,10H2,1H3,(H2,19,21). The van der Waals surface area contributed by atoms with E-state index in [-0.39, 0.29) is 20.6 Å². The van der Waals surface area contributed by atoms with Crippen molar-refractivity contribution in [2.45, 2.75) is 11.8 Å². The molecule has 0 heterocycles. The minimum absolute atomic E-state index is 0.0206. The molecular weight excluding hydrogens is 387 g/mol. The maximum Gasteiger partial charge on any atom is 0.266 e. The van der Waals surface area contributed by atoms with E-state index in [1.54, 1.807) is 25.1 Å². The van der Waals surface area contributed by atoms with Gasteiger partial charge in [-0.1, -0.05) is 35.3 Å². The van der Waals surface area contributed by atoms with Crippen molar-refractivity contribution < 1.29 is 17.9 Å². The zero-order chi connectivity index (χ0) is 18.6. The van der Waals surface area contributed by atoms with Gasteiger partial charge in [0, 0.05) is 5.02 Å². The van der Waals surface area contributed by atoms with E-state index in [4.69, 9.17) is 33.7 Å². The molecule has 0 spiro atoms. The number of nitrogens with two attached hydrogens (primary N) is 1. The Hall–Kier alpha value is -1.96. The van der Waals surface area contributed by atoms with Gasteiger partial charge in [-0.15, -0.1) is 0 Å². The van der Waals surface area contributed by atoms with Crippen LogP contribution in [0.2, 0.25) is 10.0 Å². The highest BCUT2D eigenvalue weighted by Crippen LogP contribution is 2.35. The van der Waals surface area contributed by atoms with E-state index >= 15 is 0 Å². The van der Waals surface area contributed by atoms with Crippen LogP contribution < -0.4 is 14.8 Å². The van der Waals surface area contributed by atoms with E-state index in [2.05, 4.69) is 0 Å². The second-order valence-electron chi connectivity index (χ2n) is 4.95. The second kappa shape index (κ2) is 7.95.